The number of rotatable bonds is 8. The van der Waals surface area contributed by atoms with Crippen molar-refractivity contribution in [3.05, 3.63) is 94.5 Å². The normalized spacial score (nSPS) is 11.1. The number of amides is 1. The molecule has 1 amide bonds. The van der Waals surface area contributed by atoms with E-state index in [2.05, 4.69) is 38.2 Å². The fourth-order valence-corrected chi connectivity index (χ4v) is 3.19. The largest absolute Gasteiger partial charge is 0.492 e. The third-order valence-corrected chi connectivity index (χ3v) is 5.04. The topological polar surface area (TPSA) is 47.6 Å². The maximum atomic E-state index is 12.7. The van der Waals surface area contributed by atoms with Crippen LogP contribution >= 0.6 is 11.6 Å². The van der Waals surface area contributed by atoms with Crippen molar-refractivity contribution in [3.63, 3.8) is 0 Å². The van der Waals surface area contributed by atoms with E-state index in [4.69, 9.17) is 21.1 Å². The van der Waals surface area contributed by atoms with Crippen molar-refractivity contribution in [2.24, 2.45) is 0 Å². The van der Waals surface area contributed by atoms with Crippen molar-refractivity contribution in [3.8, 4) is 11.5 Å². The number of halogens is 1. The van der Waals surface area contributed by atoms with Crippen LogP contribution < -0.4 is 14.8 Å². The molecule has 0 saturated carbocycles. The summed E-state index contributed by atoms with van der Waals surface area (Å²) in [5.74, 6) is 1.01. The average Bonchev–Trinajstić information content (AvgIpc) is 2.76. The Balaban J connectivity index is 1.53. The van der Waals surface area contributed by atoms with Crippen LogP contribution in [0.25, 0.3) is 0 Å². The van der Waals surface area contributed by atoms with Gasteiger partial charge in [0, 0.05) is 5.02 Å². The molecule has 0 atom stereocenters. The first-order valence-corrected chi connectivity index (χ1v) is 10.7. The maximum absolute atomic E-state index is 12.7. The zero-order chi connectivity index (χ0) is 22.3. The lowest BCUT2D eigenvalue weighted by Crippen LogP contribution is -2.28. The monoisotopic (exact) mass is 437 g/mol. The second kappa shape index (κ2) is 10.4. The van der Waals surface area contributed by atoms with Crippen LogP contribution in [0.2, 0.25) is 5.02 Å². The zero-order valence-corrected chi connectivity index (χ0v) is 18.9. The third kappa shape index (κ3) is 6.76. The molecule has 0 radical (unpaired) electrons. The molecule has 0 saturated heterocycles. The van der Waals surface area contributed by atoms with Gasteiger partial charge < -0.3 is 14.8 Å². The van der Waals surface area contributed by atoms with E-state index in [-0.39, 0.29) is 11.3 Å². The lowest BCUT2D eigenvalue weighted by Gasteiger charge is -2.19. The van der Waals surface area contributed by atoms with E-state index < -0.39 is 0 Å². The van der Waals surface area contributed by atoms with Crippen LogP contribution in [0.4, 0.5) is 0 Å². The number of nitrogens with one attached hydrogen (secondary N) is 1. The van der Waals surface area contributed by atoms with Gasteiger partial charge >= 0.3 is 0 Å². The Kier molecular flexibility index (Phi) is 7.59. The predicted octanol–water partition coefficient (Wildman–Crippen LogP) is 6.03. The summed E-state index contributed by atoms with van der Waals surface area (Å²) in [6, 6.07) is 22.9. The van der Waals surface area contributed by atoms with Gasteiger partial charge in [-0.25, -0.2) is 0 Å². The van der Waals surface area contributed by atoms with Gasteiger partial charge in [0.25, 0.3) is 5.91 Å². The molecule has 0 spiro atoms. The van der Waals surface area contributed by atoms with Gasteiger partial charge in [-0.3, -0.25) is 4.79 Å². The number of ether oxygens (including phenoxy) is 2. The minimum absolute atomic E-state index is 0.101. The van der Waals surface area contributed by atoms with Crippen molar-refractivity contribution in [1.82, 2.24) is 5.32 Å². The van der Waals surface area contributed by atoms with Crippen molar-refractivity contribution in [2.75, 3.05) is 13.2 Å². The Hall–Kier alpha value is -2.98. The molecule has 162 valence electrons. The maximum Gasteiger partial charge on any atom is 0.255 e. The van der Waals surface area contributed by atoms with Gasteiger partial charge in [-0.05, 0) is 46.9 Å². The summed E-state index contributed by atoms with van der Waals surface area (Å²) >= 11 is 6.10. The minimum atomic E-state index is -0.253. The minimum Gasteiger partial charge on any atom is -0.492 e. The molecule has 3 aromatic carbocycles. The van der Waals surface area contributed by atoms with E-state index in [0.717, 1.165) is 11.3 Å². The summed E-state index contributed by atoms with van der Waals surface area (Å²) in [4.78, 5) is 12.7. The van der Waals surface area contributed by atoms with E-state index in [1.54, 1.807) is 18.2 Å². The molecule has 5 heteroatoms. The molecule has 0 aromatic heterocycles. The summed E-state index contributed by atoms with van der Waals surface area (Å²) in [6.45, 7) is 7.62. The Bertz CT molecular complexity index is 995. The highest BCUT2D eigenvalue weighted by molar-refractivity contribution is 6.31. The van der Waals surface area contributed by atoms with Crippen LogP contribution in [0, 0.1) is 0 Å². The van der Waals surface area contributed by atoms with Gasteiger partial charge in [-0.2, -0.15) is 0 Å². The Labute approximate surface area is 189 Å². The van der Waals surface area contributed by atoms with E-state index >= 15 is 0 Å². The molecule has 1 N–H and O–H groups in total. The molecule has 0 heterocycles. The lowest BCUT2D eigenvalue weighted by molar-refractivity contribution is 0.0942. The molecular weight excluding hydrogens is 410 g/mol. The zero-order valence-electron chi connectivity index (χ0n) is 18.2. The molecule has 0 aliphatic heterocycles. The van der Waals surface area contributed by atoms with Crippen LogP contribution in [-0.2, 0) is 12.0 Å². The molecule has 0 aliphatic rings. The van der Waals surface area contributed by atoms with Crippen molar-refractivity contribution in [1.29, 1.82) is 0 Å². The van der Waals surface area contributed by atoms with Gasteiger partial charge in [0.05, 0.1) is 12.1 Å². The van der Waals surface area contributed by atoms with Gasteiger partial charge in [0.1, 0.15) is 24.7 Å². The summed E-state index contributed by atoms with van der Waals surface area (Å²) in [5, 5.41) is 3.35. The van der Waals surface area contributed by atoms with Crippen molar-refractivity contribution in [2.45, 2.75) is 32.8 Å². The molecule has 3 rings (SSSR count). The highest BCUT2D eigenvalue weighted by Crippen LogP contribution is 2.25. The fraction of sp³-hybridized carbons (Fsp3) is 0.269. The highest BCUT2D eigenvalue weighted by atomic mass is 35.5. The van der Waals surface area contributed by atoms with Crippen LogP contribution in [0.15, 0.2) is 72.8 Å². The van der Waals surface area contributed by atoms with E-state index in [1.165, 1.54) is 5.56 Å². The van der Waals surface area contributed by atoms with E-state index in [0.29, 0.717) is 36.1 Å². The number of carbonyl (C=O) groups is 1. The van der Waals surface area contributed by atoms with Crippen LogP contribution in [0.5, 0.6) is 11.5 Å². The summed E-state index contributed by atoms with van der Waals surface area (Å²) < 4.78 is 11.6. The molecule has 3 aromatic rings. The predicted molar refractivity (Wildman–Crippen MR) is 125 cm³/mol. The van der Waals surface area contributed by atoms with Crippen molar-refractivity contribution >= 4 is 17.5 Å². The number of carbonyl (C=O) groups excluding carboxylic acids is 1. The third-order valence-electron chi connectivity index (χ3n) is 4.80. The van der Waals surface area contributed by atoms with E-state index in [1.807, 2.05) is 42.5 Å². The second-order valence-electron chi connectivity index (χ2n) is 8.29. The smallest absolute Gasteiger partial charge is 0.255 e. The van der Waals surface area contributed by atoms with Gasteiger partial charge in [-0.15, -0.1) is 0 Å². The highest BCUT2D eigenvalue weighted by Gasteiger charge is 2.14. The summed E-state index contributed by atoms with van der Waals surface area (Å²) in [5.41, 5.74) is 2.77. The van der Waals surface area contributed by atoms with Gasteiger partial charge in [0.2, 0.25) is 0 Å². The Morgan fingerprint density at radius 1 is 0.935 bits per heavy atom. The first-order chi connectivity index (χ1) is 14.8. The molecule has 4 nitrogen and oxygen atoms in total. The Morgan fingerprint density at radius 3 is 2.32 bits per heavy atom. The number of hydrogen-bond acceptors (Lipinski definition) is 3. The van der Waals surface area contributed by atoms with Crippen LogP contribution in [-0.4, -0.2) is 19.1 Å². The molecule has 31 heavy (non-hydrogen) atoms. The lowest BCUT2D eigenvalue weighted by atomic mass is 9.87. The van der Waals surface area contributed by atoms with Crippen molar-refractivity contribution < 1.29 is 14.3 Å². The van der Waals surface area contributed by atoms with Gasteiger partial charge in [0.15, 0.2) is 0 Å². The SMILES string of the molecule is CC(C)(C)c1ccc(OCCNC(=O)c2cc(Cl)ccc2OCc2ccccc2)cc1. The molecule has 0 aliphatic carbocycles. The standard InChI is InChI=1S/C26H28ClNO3/c1-26(2,3)20-9-12-22(13-10-20)30-16-15-28-25(29)23-17-21(27)11-14-24(23)31-18-19-7-5-4-6-8-19/h4-14,17H,15-16,18H2,1-3H3,(H,28,29). The van der Waals surface area contributed by atoms with Crippen LogP contribution in [0.1, 0.15) is 42.3 Å². The summed E-state index contributed by atoms with van der Waals surface area (Å²) in [7, 11) is 0. The molecule has 0 unspecified atom stereocenters. The Morgan fingerprint density at radius 2 is 1.65 bits per heavy atom. The van der Waals surface area contributed by atoms with Crippen LogP contribution in [0.3, 0.4) is 0 Å². The quantitative estimate of drug-likeness (QED) is 0.438. The molecular formula is C26H28ClNO3. The molecule has 0 fully saturated rings. The first-order valence-electron chi connectivity index (χ1n) is 10.3. The number of hydrogen-bond donors (Lipinski definition) is 1. The average molecular weight is 438 g/mol. The summed E-state index contributed by atoms with van der Waals surface area (Å²) in [6.07, 6.45) is 0. The fourth-order valence-electron chi connectivity index (χ4n) is 3.02. The van der Waals surface area contributed by atoms with Gasteiger partial charge in [-0.1, -0.05) is 74.8 Å². The molecule has 0 bridgehead atoms. The second-order valence-corrected chi connectivity index (χ2v) is 8.73. The first kappa shape index (κ1) is 22.7. The number of benzene rings is 3. The van der Waals surface area contributed by atoms with E-state index in [9.17, 15) is 4.79 Å².